The van der Waals surface area contributed by atoms with Gasteiger partial charge in [0, 0.05) is 18.2 Å². The Morgan fingerprint density at radius 1 is 1.26 bits per heavy atom. The lowest BCUT2D eigenvalue weighted by atomic mass is 10.1. The van der Waals surface area contributed by atoms with Gasteiger partial charge in [0.1, 0.15) is 11.6 Å². The number of hydrogen-bond acceptors (Lipinski definition) is 2. The largest absolute Gasteiger partial charge is 0.306 e. The lowest BCUT2D eigenvalue weighted by molar-refractivity contribution is 0.536. The normalized spacial score (nSPS) is 12.7. The topological polar surface area (TPSA) is 12.0 Å². The highest BCUT2D eigenvalue weighted by Crippen LogP contribution is 2.34. The van der Waals surface area contributed by atoms with Crippen molar-refractivity contribution in [3.05, 3.63) is 55.7 Å². The number of hydrogen-bond donors (Lipinski definition) is 1. The Bertz CT molecular complexity index is 586. The van der Waals surface area contributed by atoms with Crippen LogP contribution in [0.5, 0.6) is 0 Å². The van der Waals surface area contributed by atoms with Gasteiger partial charge in [-0.15, -0.1) is 11.3 Å². The zero-order chi connectivity index (χ0) is 14.0. The van der Waals surface area contributed by atoms with Gasteiger partial charge in [-0.2, -0.15) is 0 Å². The highest BCUT2D eigenvalue weighted by atomic mass is 35.5. The van der Waals surface area contributed by atoms with Crippen LogP contribution in [-0.4, -0.2) is 0 Å². The molecule has 2 aromatic rings. The SMILES string of the molecule is CC(NCc1cc(F)ccc1F)c1cc(Cl)sc1Cl. The van der Waals surface area contributed by atoms with Crippen LogP contribution in [0.15, 0.2) is 24.3 Å². The highest BCUT2D eigenvalue weighted by molar-refractivity contribution is 7.20. The quantitative estimate of drug-likeness (QED) is 0.817. The van der Waals surface area contributed by atoms with Crippen LogP contribution in [0.3, 0.4) is 0 Å². The first-order chi connectivity index (χ1) is 8.97. The average molecular weight is 322 g/mol. The van der Waals surface area contributed by atoms with E-state index in [9.17, 15) is 8.78 Å². The van der Waals surface area contributed by atoms with Gasteiger partial charge in [-0.05, 0) is 36.8 Å². The summed E-state index contributed by atoms with van der Waals surface area (Å²) in [6, 6.07) is 5.06. The second kappa shape index (κ2) is 6.18. The molecule has 0 radical (unpaired) electrons. The Kier molecular flexibility index (Phi) is 4.79. The minimum absolute atomic E-state index is 0.0982. The van der Waals surface area contributed by atoms with Crippen LogP contribution in [0.4, 0.5) is 8.78 Å². The van der Waals surface area contributed by atoms with Crippen LogP contribution >= 0.6 is 34.5 Å². The van der Waals surface area contributed by atoms with E-state index < -0.39 is 11.6 Å². The smallest absolute Gasteiger partial charge is 0.127 e. The van der Waals surface area contributed by atoms with E-state index in [4.69, 9.17) is 23.2 Å². The summed E-state index contributed by atoms with van der Waals surface area (Å²) in [5.41, 5.74) is 1.14. The molecule has 0 saturated heterocycles. The molecule has 0 saturated carbocycles. The van der Waals surface area contributed by atoms with Gasteiger partial charge in [-0.25, -0.2) is 8.78 Å². The molecular weight excluding hydrogens is 311 g/mol. The van der Waals surface area contributed by atoms with E-state index >= 15 is 0 Å². The summed E-state index contributed by atoms with van der Waals surface area (Å²) in [6.07, 6.45) is 0. The summed E-state index contributed by atoms with van der Waals surface area (Å²) in [4.78, 5) is 0. The van der Waals surface area contributed by atoms with E-state index in [2.05, 4.69) is 5.32 Å². The zero-order valence-corrected chi connectivity index (χ0v) is 12.3. The summed E-state index contributed by atoms with van der Waals surface area (Å²) < 4.78 is 27.7. The van der Waals surface area contributed by atoms with Crippen molar-refractivity contribution in [3.8, 4) is 0 Å². The van der Waals surface area contributed by atoms with Crippen molar-refractivity contribution in [2.24, 2.45) is 0 Å². The van der Waals surface area contributed by atoms with Crippen molar-refractivity contribution in [2.75, 3.05) is 0 Å². The molecule has 1 aromatic carbocycles. The van der Waals surface area contributed by atoms with Gasteiger partial charge >= 0.3 is 0 Å². The maximum absolute atomic E-state index is 13.5. The number of rotatable bonds is 4. The summed E-state index contributed by atoms with van der Waals surface area (Å²) >= 11 is 13.2. The fourth-order valence-corrected chi connectivity index (χ4v) is 3.35. The molecule has 0 aliphatic rings. The summed E-state index contributed by atoms with van der Waals surface area (Å²) in [6.45, 7) is 2.11. The van der Waals surface area contributed by atoms with Crippen molar-refractivity contribution >= 4 is 34.5 Å². The predicted molar refractivity (Wildman–Crippen MR) is 76.0 cm³/mol. The first-order valence-corrected chi connectivity index (χ1v) is 7.16. The van der Waals surface area contributed by atoms with E-state index in [1.807, 2.05) is 6.92 Å². The number of benzene rings is 1. The van der Waals surface area contributed by atoms with Gasteiger partial charge in [0.05, 0.1) is 8.67 Å². The van der Waals surface area contributed by atoms with Crippen LogP contribution in [0, 0.1) is 11.6 Å². The molecule has 1 nitrogen and oxygen atoms in total. The summed E-state index contributed by atoms with van der Waals surface area (Å²) in [5, 5.41) is 3.09. The van der Waals surface area contributed by atoms with Gasteiger partial charge in [-0.3, -0.25) is 0 Å². The average Bonchev–Trinajstić information content (AvgIpc) is 2.69. The van der Waals surface area contributed by atoms with Gasteiger partial charge in [-0.1, -0.05) is 23.2 Å². The number of nitrogens with one attached hydrogen (secondary N) is 1. The molecule has 1 heterocycles. The van der Waals surface area contributed by atoms with E-state index in [1.54, 1.807) is 6.07 Å². The standard InChI is InChI=1S/C13H11Cl2F2NS/c1-7(10-5-12(14)19-13(10)15)18-6-8-4-9(16)2-3-11(8)17/h2-5,7,18H,6H2,1H3. The summed E-state index contributed by atoms with van der Waals surface area (Å²) in [5.74, 6) is -0.891. The molecule has 1 aromatic heterocycles. The maximum Gasteiger partial charge on any atom is 0.127 e. The number of halogens is 4. The Morgan fingerprint density at radius 3 is 2.63 bits per heavy atom. The zero-order valence-electron chi connectivity index (χ0n) is 10.0. The van der Waals surface area contributed by atoms with Crippen LogP contribution in [0.2, 0.25) is 8.67 Å². The molecule has 0 fully saturated rings. The fraction of sp³-hybridized carbons (Fsp3) is 0.231. The van der Waals surface area contributed by atoms with Crippen LogP contribution in [0.1, 0.15) is 24.1 Å². The highest BCUT2D eigenvalue weighted by Gasteiger charge is 2.13. The number of thiophene rings is 1. The second-order valence-corrected chi connectivity index (χ2v) is 6.40. The molecule has 0 amide bonds. The van der Waals surface area contributed by atoms with Crippen molar-refractivity contribution in [3.63, 3.8) is 0 Å². The molecular formula is C13H11Cl2F2NS. The maximum atomic E-state index is 13.5. The molecule has 2 rings (SSSR count). The van der Waals surface area contributed by atoms with Crippen LogP contribution < -0.4 is 5.32 Å². The molecule has 0 aliphatic carbocycles. The predicted octanol–water partition coefficient (Wildman–Crippen LogP) is 5.18. The Hall–Kier alpha value is -0.680. The molecule has 6 heteroatoms. The van der Waals surface area contributed by atoms with Gasteiger partial charge in [0.25, 0.3) is 0 Å². The second-order valence-electron chi connectivity index (χ2n) is 4.12. The van der Waals surface area contributed by atoms with E-state index in [0.717, 1.165) is 17.7 Å². The summed E-state index contributed by atoms with van der Waals surface area (Å²) in [7, 11) is 0. The lowest BCUT2D eigenvalue weighted by Gasteiger charge is -2.13. The van der Waals surface area contributed by atoms with Crippen molar-refractivity contribution in [1.82, 2.24) is 5.32 Å². The van der Waals surface area contributed by atoms with Crippen molar-refractivity contribution < 1.29 is 8.78 Å². The molecule has 1 atom stereocenters. The third-order valence-corrected chi connectivity index (χ3v) is 4.27. The monoisotopic (exact) mass is 321 g/mol. The molecule has 0 spiro atoms. The Balaban J connectivity index is 2.06. The minimum atomic E-state index is -0.456. The first-order valence-electron chi connectivity index (χ1n) is 5.59. The van der Waals surface area contributed by atoms with Gasteiger partial charge < -0.3 is 5.32 Å². The van der Waals surface area contributed by atoms with Crippen LogP contribution in [0.25, 0.3) is 0 Å². The lowest BCUT2D eigenvalue weighted by Crippen LogP contribution is -2.18. The molecule has 102 valence electrons. The Morgan fingerprint density at radius 2 is 2.00 bits per heavy atom. The van der Waals surface area contributed by atoms with Gasteiger partial charge in [0.15, 0.2) is 0 Å². The van der Waals surface area contributed by atoms with E-state index in [0.29, 0.717) is 8.67 Å². The Labute approximate surface area is 124 Å². The molecule has 19 heavy (non-hydrogen) atoms. The third-order valence-electron chi connectivity index (χ3n) is 2.76. The van der Waals surface area contributed by atoms with Gasteiger partial charge in [0.2, 0.25) is 0 Å². The van der Waals surface area contributed by atoms with Crippen molar-refractivity contribution in [1.29, 1.82) is 0 Å². The molecule has 1 unspecified atom stereocenters. The molecule has 1 N–H and O–H groups in total. The minimum Gasteiger partial charge on any atom is -0.306 e. The third kappa shape index (κ3) is 3.66. The molecule has 0 bridgehead atoms. The fourth-order valence-electron chi connectivity index (χ4n) is 1.70. The molecule has 0 aliphatic heterocycles. The van der Waals surface area contributed by atoms with Crippen LogP contribution in [-0.2, 0) is 6.54 Å². The van der Waals surface area contributed by atoms with E-state index in [1.165, 1.54) is 17.4 Å². The first kappa shape index (κ1) is 14.7. The van der Waals surface area contributed by atoms with Crippen molar-refractivity contribution in [2.45, 2.75) is 19.5 Å². The van der Waals surface area contributed by atoms with E-state index in [-0.39, 0.29) is 18.2 Å².